The summed E-state index contributed by atoms with van der Waals surface area (Å²) in [5.41, 5.74) is 1.96. The van der Waals surface area contributed by atoms with Crippen molar-refractivity contribution in [3.8, 4) is 11.5 Å². The number of hydrogen-bond donors (Lipinski definition) is 1. The summed E-state index contributed by atoms with van der Waals surface area (Å²) in [6.45, 7) is 6.32. The number of nitrogens with one attached hydrogen (secondary N) is 1. The maximum absolute atomic E-state index is 12.3. The van der Waals surface area contributed by atoms with Gasteiger partial charge in [0.25, 0.3) is 11.1 Å². The van der Waals surface area contributed by atoms with E-state index in [0.29, 0.717) is 23.4 Å². The molecule has 0 radical (unpaired) electrons. The zero-order chi connectivity index (χ0) is 18.5. The average molecular weight is 371 g/mol. The Balaban J connectivity index is 1.53. The van der Waals surface area contributed by atoms with Crippen molar-refractivity contribution >= 4 is 17.7 Å². The summed E-state index contributed by atoms with van der Waals surface area (Å²) in [6.07, 6.45) is 1.58. The molecule has 1 amide bonds. The van der Waals surface area contributed by atoms with Gasteiger partial charge in [0, 0.05) is 6.54 Å². The van der Waals surface area contributed by atoms with E-state index >= 15 is 0 Å². The molecule has 2 aromatic heterocycles. The van der Waals surface area contributed by atoms with E-state index in [9.17, 15) is 4.79 Å². The van der Waals surface area contributed by atoms with Gasteiger partial charge in [0.2, 0.25) is 5.91 Å². The van der Waals surface area contributed by atoms with Crippen molar-refractivity contribution in [2.45, 2.75) is 37.2 Å². The van der Waals surface area contributed by atoms with Crippen LogP contribution in [0.15, 0.2) is 56.7 Å². The summed E-state index contributed by atoms with van der Waals surface area (Å²) in [4.78, 5) is 12.3. The molecule has 1 aromatic carbocycles. The van der Waals surface area contributed by atoms with Gasteiger partial charge in [0.15, 0.2) is 0 Å². The van der Waals surface area contributed by atoms with Crippen LogP contribution in [0, 0.1) is 6.92 Å². The molecule has 2 atom stereocenters. The monoisotopic (exact) mass is 371 g/mol. The van der Waals surface area contributed by atoms with E-state index in [4.69, 9.17) is 8.83 Å². The summed E-state index contributed by atoms with van der Waals surface area (Å²) in [6, 6.07) is 11.9. The first-order valence-corrected chi connectivity index (χ1v) is 9.30. The minimum atomic E-state index is -0.336. The van der Waals surface area contributed by atoms with Crippen molar-refractivity contribution < 1.29 is 13.6 Å². The van der Waals surface area contributed by atoms with E-state index in [1.807, 2.05) is 32.0 Å². The third-order valence-corrected chi connectivity index (χ3v) is 5.03. The molecule has 0 bridgehead atoms. The first-order valence-electron chi connectivity index (χ1n) is 8.42. The molecule has 0 spiro atoms. The van der Waals surface area contributed by atoms with Crippen LogP contribution in [0.1, 0.15) is 31.1 Å². The Bertz CT molecular complexity index is 860. The minimum Gasteiger partial charge on any atom is -0.469 e. The number of nitrogens with zero attached hydrogens (tertiary/aromatic N) is 2. The average Bonchev–Trinajstić information content (AvgIpc) is 3.28. The molecule has 3 rings (SSSR count). The molecule has 0 fully saturated rings. The van der Waals surface area contributed by atoms with Crippen LogP contribution in [0.2, 0.25) is 0 Å². The smallest absolute Gasteiger partial charge is 0.277 e. The highest BCUT2D eigenvalue weighted by Gasteiger charge is 2.20. The van der Waals surface area contributed by atoms with Gasteiger partial charge in [0.1, 0.15) is 5.76 Å². The Morgan fingerprint density at radius 3 is 2.65 bits per heavy atom. The number of carbonyl (C=O) groups excluding carboxylic acids is 1. The summed E-state index contributed by atoms with van der Waals surface area (Å²) >= 11 is 1.24. The number of rotatable bonds is 7. The van der Waals surface area contributed by atoms with Gasteiger partial charge in [-0.2, -0.15) is 0 Å². The molecule has 6 nitrogen and oxygen atoms in total. The molecule has 0 unspecified atom stereocenters. The molecule has 136 valence electrons. The number of furan rings is 1. The molecule has 0 saturated carbocycles. The van der Waals surface area contributed by atoms with Gasteiger partial charge in [-0.1, -0.05) is 49.0 Å². The highest BCUT2D eigenvalue weighted by molar-refractivity contribution is 8.00. The standard InChI is InChI=1S/C19H21N3O3S/c1-12(15-7-5-4-6-8-15)11-20-17(23)14(3)26-19-22-21-18(25-19)16-9-10-24-13(16)2/h4-10,12,14H,11H2,1-3H3,(H,20,23)/t12-,14+/m1/s1. The van der Waals surface area contributed by atoms with Gasteiger partial charge < -0.3 is 14.2 Å². The number of thioether (sulfide) groups is 1. The second-order valence-electron chi connectivity index (χ2n) is 6.08. The van der Waals surface area contributed by atoms with Crippen LogP contribution in [0.25, 0.3) is 11.5 Å². The number of aryl methyl sites for hydroxylation is 1. The summed E-state index contributed by atoms with van der Waals surface area (Å²) in [5.74, 6) is 1.29. The number of hydrogen-bond acceptors (Lipinski definition) is 6. The summed E-state index contributed by atoms with van der Waals surface area (Å²) < 4.78 is 10.9. The van der Waals surface area contributed by atoms with Gasteiger partial charge in [-0.05, 0) is 31.4 Å². The topological polar surface area (TPSA) is 81.2 Å². The molecule has 26 heavy (non-hydrogen) atoms. The van der Waals surface area contributed by atoms with Crippen molar-refractivity contribution in [1.29, 1.82) is 0 Å². The van der Waals surface area contributed by atoms with Crippen molar-refractivity contribution in [2.75, 3.05) is 6.54 Å². The van der Waals surface area contributed by atoms with E-state index in [-0.39, 0.29) is 17.1 Å². The third kappa shape index (κ3) is 4.35. The van der Waals surface area contributed by atoms with Gasteiger partial charge in [-0.25, -0.2) is 0 Å². The van der Waals surface area contributed by atoms with Crippen LogP contribution in [0.4, 0.5) is 0 Å². The molecule has 2 heterocycles. The molecule has 0 aliphatic carbocycles. The van der Waals surface area contributed by atoms with Crippen LogP contribution >= 0.6 is 11.8 Å². The Kier molecular flexibility index (Phi) is 5.78. The molecule has 0 aliphatic heterocycles. The highest BCUT2D eigenvalue weighted by atomic mass is 32.2. The van der Waals surface area contributed by atoms with E-state index in [0.717, 1.165) is 5.56 Å². The Labute approximate surface area is 156 Å². The lowest BCUT2D eigenvalue weighted by molar-refractivity contribution is -0.120. The van der Waals surface area contributed by atoms with Crippen LogP contribution < -0.4 is 5.32 Å². The van der Waals surface area contributed by atoms with Crippen LogP contribution in [-0.4, -0.2) is 27.9 Å². The maximum atomic E-state index is 12.3. The maximum Gasteiger partial charge on any atom is 0.277 e. The van der Waals surface area contributed by atoms with Crippen LogP contribution in [-0.2, 0) is 4.79 Å². The quantitative estimate of drug-likeness (QED) is 0.631. The van der Waals surface area contributed by atoms with Crippen molar-refractivity contribution in [2.24, 2.45) is 0 Å². The Morgan fingerprint density at radius 1 is 1.19 bits per heavy atom. The minimum absolute atomic E-state index is 0.0583. The number of carbonyl (C=O) groups is 1. The lowest BCUT2D eigenvalue weighted by Crippen LogP contribution is -2.33. The fraction of sp³-hybridized carbons (Fsp3) is 0.316. The fourth-order valence-electron chi connectivity index (χ4n) is 2.47. The second-order valence-corrected chi connectivity index (χ2v) is 7.37. The van der Waals surface area contributed by atoms with E-state index in [1.54, 1.807) is 12.3 Å². The number of amides is 1. The zero-order valence-corrected chi connectivity index (χ0v) is 15.7. The lowest BCUT2D eigenvalue weighted by Gasteiger charge is -2.15. The SMILES string of the molecule is Cc1occc1-c1nnc(S[C@@H](C)C(=O)NC[C@@H](C)c2ccccc2)o1. The fourth-order valence-corrected chi connectivity index (χ4v) is 3.18. The Morgan fingerprint density at radius 2 is 1.96 bits per heavy atom. The number of benzene rings is 1. The first-order chi connectivity index (χ1) is 12.5. The molecule has 3 aromatic rings. The summed E-state index contributed by atoms with van der Waals surface area (Å²) in [7, 11) is 0. The molecular weight excluding hydrogens is 350 g/mol. The molecular formula is C19H21N3O3S. The first kappa shape index (κ1) is 18.3. The van der Waals surface area contributed by atoms with E-state index in [1.165, 1.54) is 17.3 Å². The van der Waals surface area contributed by atoms with E-state index in [2.05, 4.69) is 34.6 Å². The highest BCUT2D eigenvalue weighted by Crippen LogP contribution is 2.28. The normalized spacial score (nSPS) is 13.3. The van der Waals surface area contributed by atoms with Gasteiger partial charge in [-0.15, -0.1) is 10.2 Å². The predicted octanol–water partition coefficient (Wildman–Crippen LogP) is 4.04. The second kappa shape index (κ2) is 8.23. The van der Waals surface area contributed by atoms with Gasteiger partial charge in [-0.3, -0.25) is 4.79 Å². The number of aromatic nitrogens is 2. The van der Waals surface area contributed by atoms with Crippen LogP contribution in [0.5, 0.6) is 0 Å². The largest absolute Gasteiger partial charge is 0.469 e. The summed E-state index contributed by atoms with van der Waals surface area (Å²) in [5, 5.41) is 11.0. The van der Waals surface area contributed by atoms with Crippen molar-refractivity contribution in [3.63, 3.8) is 0 Å². The van der Waals surface area contributed by atoms with Crippen LogP contribution in [0.3, 0.4) is 0 Å². The van der Waals surface area contributed by atoms with Gasteiger partial charge in [0.05, 0.1) is 17.1 Å². The predicted molar refractivity (Wildman–Crippen MR) is 99.9 cm³/mol. The van der Waals surface area contributed by atoms with Crippen molar-refractivity contribution in [1.82, 2.24) is 15.5 Å². The zero-order valence-electron chi connectivity index (χ0n) is 14.9. The molecule has 7 heteroatoms. The molecule has 1 N–H and O–H groups in total. The lowest BCUT2D eigenvalue weighted by atomic mass is 10.0. The Hall–Kier alpha value is -2.54. The third-order valence-electron chi connectivity index (χ3n) is 4.09. The van der Waals surface area contributed by atoms with E-state index < -0.39 is 0 Å². The van der Waals surface area contributed by atoms with Crippen molar-refractivity contribution in [3.05, 3.63) is 54.0 Å². The molecule has 0 aliphatic rings. The molecule has 0 saturated heterocycles. The van der Waals surface area contributed by atoms with Gasteiger partial charge >= 0.3 is 0 Å².